The number of hydrogen-bond acceptors (Lipinski definition) is 3. The predicted molar refractivity (Wildman–Crippen MR) is 178 cm³/mol. The number of amides is 2. The SMILES string of the molecule is O=C(NC1CCC(CCCCCC2(C(=O)NCC(F)(F)F)c3ccccc3-c3ccccc32)CC1)c1cnccc1-c1ccccc1. The molecule has 0 unspecified atom stereocenters. The minimum absolute atomic E-state index is 0.0938. The molecule has 2 aliphatic carbocycles. The first-order valence-corrected chi connectivity index (χ1v) is 16.6. The molecule has 4 aromatic rings. The van der Waals surface area contributed by atoms with Crippen LogP contribution in [0.15, 0.2) is 97.3 Å². The van der Waals surface area contributed by atoms with E-state index in [0.717, 1.165) is 84.7 Å². The molecule has 0 aliphatic heterocycles. The Morgan fingerprint density at radius 3 is 2.06 bits per heavy atom. The zero-order valence-electron chi connectivity index (χ0n) is 26.4. The van der Waals surface area contributed by atoms with Gasteiger partial charge in [0, 0.05) is 18.4 Å². The van der Waals surface area contributed by atoms with E-state index in [1.165, 1.54) is 0 Å². The van der Waals surface area contributed by atoms with E-state index in [9.17, 15) is 22.8 Å². The number of hydrogen-bond donors (Lipinski definition) is 2. The molecular weight excluding hydrogens is 599 g/mol. The maximum atomic E-state index is 13.7. The van der Waals surface area contributed by atoms with E-state index in [1.807, 2.05) is 84.9 Å². The van der Waals surface area contributed by atoms with Gasteiger partial charge in [-0.05, 0) is 77.5 Å². The molecule has 0 radical (unpaired) electrons. The van der Waals surface area contributed by atoms with Crippen molar-refractivity contribution in [2.45, 2.75) is 75.4 Å². The number of carbonyl (C=O) groups excluding carboxylic acids is 2. The Hall–Kier alpha value is -4.46. The summed E-state index contributed by atoms with van der Waals surface area (Å²) in [4.78, 5) is 31.1. The molecule has 1 fully saturated rings. The van der Waals surface area contributed by atoms with Crippen molar-refractivity contribution in [3.63, 3.8) is 0 Å². The van der Waals surface area contributed by atoms with E-state index in [4.69, 9.17) is 0 Å². The van der Waals surface area contributed by atoms with Crippen LogP contribution in [0.1, 0.15) is 79.3 Å². The number of halogens is 3. The van der Waals surface area contributed by atoms with Gasteiger partial charge in [-0.1, -0.05) is 105 Å². The van der Waals surface area contributed by atoms with Crippen LogP contribution in [0.2, 0.25) is 0 Å². The van der Waals surface area contributed by atoms with Crippen LogP contribution in [0.4, 0.5) is 13.2 Å². The van der Waals surface area contributed by atoms with Gasteiger partial charge in [-0.2, -0.15) is 13.2 Å². The highest BCUT2D eigenvalue weighted by Gasteiger charge is 2.49. The van der Waals surface area contributed by atoms with Gasteiger partial charge in [-0.3, -0.25) is 14.6 Å². The van der Waals surface area contributed by atoms with Gasteiger partial charge in [0.05, 0.1) is 5.56 Å². The van der Waals surface area contributed by atoms with Gasteiger partial charge in [0.15, 0.2) is 0 Å². The summed E-state index contributed by atoms with van der Waals surface area (Å²) in [5, 5.41) is 5.46. The number of pyridine rings is 1. The third kappa shape index (κ3) is 7.11. The molecule has 0 saturated heterocycles. The van der Waals surface area contributed by atoms with Gasteiger partial charge in [0.1, 0.15) is 12.0 Å². The average molecular weight is 640 g/mol. The van der Waals surface area contributed by atoms with Crippen LogP contribution >= 0.6 is 0 Å². The first-order chi connectivity index (χ1) is 22.8. The van der Waals surface area contributed by atoms with Crippen molar-refractivity contribution >= 4 is 11.8 Å². The minimum atomic E-state index is -4.49. The van der Waals surface area contributed by atoms with E-state index in [-0.39, 0.29) is 11.9 Å². The fourth-order valence-electron chi connectivity index (χ4n) is 7.59. The topological polar surface area (TPSA) is 71.1 Å². The first-order valence-electron chi connectivity index (χ1n) is 16.6. The molecule has 0 atom stereocenters. The van der Waals surface area contributed by atoms with Crippen molar-refractivity contribution in [3.8, 4) is 22.3 Å². The number of unbranched alkanes of at least 4 members (excludes halogenated alkanes) is 2. The van der Waals surface area contributed by atoms with Crippen LogP contribution < -0.4 is 10.6 Å². The molecule has 5 nitrogen and oxygen atoms in total. The van der Waals surface area contributed by atoms with Gasteiger partial charge in [0.25, 0.3) is 5.91 Å². The normalized spacial score (nSPS) is 18.2. The third-order valence-corrected chi connectivity index (χ3v) is 9.90. The predicted octanol–water partition coefficient (Wildman–Crippen LogP) is 8.63. The van der Waals surface area contributed by atoms with Crippen molar-refractivity contribution in [1.82, 2.24) is 15.6 Å². The van der Waals surface area contributed by atoms with Crippen molar-refractivity contribution in [1.29, 1.82) is 0 Å². The van der Waals surface area contributed by atoms with Gasteiger partial charge in [-0.15, -0.1) is 0 Å². The number of benzene rings is 3. The third-order valence-electron chi connectivity index (χ3n) is 9.90. The van der Waals surface area contributed by atoms with Gasteiger partial charge in [0.2, 0.25) is 5.91 Å². The highest BCUT2D eigenvalue weighted by atomic mass is 19.4. The maximum absolute atomic E-state index is 13.7. The van der Waals surface area contributed by atoms with Crippen molar-refractivity contribution < 1.29 is 22.8 Å². The highest BCUT2D eigenvalue weighted by Crippen LogP contribution is 2.51. The number of fused-ring (bicyclic) bond motifs is 3. The lowest BCUT2D eigenvalue weighted by atomic mass is 9.73. The second kappa shape index (κ2) is 14.1. The molecule has 3 aromatic carbocycles. The molecule has 244 valence electrons. The zero-order valence-corrected chi connectivity index (χ0v) is 26.4. The summed E-state index contributed by atoms with van der Waals surface area (Å²) in [5.74, 6) is -0.114. The lowest BCUT2D eigenvalue weighted by molar-refractivity contribution is -0.141. The Kier molecular flexibility index (Phi) is 9.76. The second-order valence-corrected chi connectivity index (χ2v) is 12.9. The molecule has 47 heavy (non-hydrogen) atoms. The maximum Gasteiger partial charge on any atom is 0.405 e. The summed E-state index contributed by atoms with van der Waals surface area (Å²) >= 11 is 0. The summed E-state index contributed by atoms with van der Waals surface area (Å²) in [5.41, 5.74) is 4.67. The summed E-state index contributed by atoms with van der Waals surface area (Å²) < 4.78 is 39.5. The Labute approximate surface area is 274 Å². The molecule has 0 bridgehead atoms. The Bertz CT molecular complexity index is 1650. The van der Waals surface area contributed by atoms with Gasteiger partial charge in [-0.25, -0.2) is 0 Å². The van der Waals surface area contributed by atoms with Crippen LogP contribution in [0.25, 0.3) is 22.3 Å². The Morgan fingerprint density at radius 1 is 0.766 bits per heavy atom. The van der Waals surface area contributed by atoms with Crippen LogP contribution in [0, 0.1) is 5.92 Å². The van der Waals surface area contributed by atoms with Crippen molar-refractivity contribution in [2.75, 3.05) is 6.54 Å². The highest BCUT2D eigenvalue weighted by molar-refractivity contribution is 6.01. The minimum Gasteiger partial charge on any atom is -0.349 e. The summed E-state index contributed by atoms with van der Waals surface area (Å²) in [7, 11) is 0. The zero-order chi connectivity index (χ0) is 32.9. The Morgan fingerprint density at radius 2 is 1.40 bits per heavy atom. The van der Waals surface area contributed by atoms with Crippen LogP contribution in [0.5, 0.6) is 0 Å². The summed E-state index contributed by atoms with van der Waals surface area (Å²) in [6, 6.07) is 27.0. The number of rotatable bonds is 11. The lowest BCUT2D eigenvalue weighted by Gasteiger charge is -2.31. The quantitative estimate of drug-likeness (QED) is 0.162. The largest absolute Gasteiger partial charge is 0.405 e. The van der Waals surface area contributed by atoms with Crippen LogP contribution in [-0.4, -0.2) is 35.6 Å². The lowest BCUT2D eigenvalue weighted by Crippen LogP contribution is -2.47. The van der Waals surface area contributed by atoms with Crippen molar-refractivity contribution in [3.05, 3.63) is 114 Å². The number of alkyl halides is 3. The summed E-state index contributed by atoms with van der Waals surface area (Å²) in [6.07, 6.45) is 6.88. The standard InChI is InChI=1S/C39H40F3N3O2/c40-39(41,42)26-44-37(47)38(34-16-8-6-14-31(34)32-15-7-9-17-35(32)38)23-10-2-3-11-27-18-20-29(21-19-27)45-36(46)33-25-43-24-22-30(33)28-12-4-1-5-13-28/h1,4-9,12-17,22,24-25,27,29H,2-3,10-11,18-21,23,26H2,(H,44,47)(H,45,46). The molecule has 1 saturated carbocycles. The molecule has 8 heteroatoms. The molecule has 1 heterocycles. The van der Waals surface area contributed by atoms with Crippen LogP contribution in [-0.2, 0) is 10.2 Å². The van der Waals surface area contributed by atoms with E-state index in [2.05, 4.69) is 15.6 Å². The molecular formula is C39H40F3N3O2. The number of nitrogens with zero attached hydrogens (tertiary/aromatic N) is 1. The monoisotopic (exact) mass is 639 g/mol. The van der Waals surface area contributed by atoms with Crippen LogP contribution in [0.3, 0.4) is 0 Å². The molecule has 1 aromatic heterocycles. The van der Waals surface area contributed by atoms with E-state index >= 15 is 0 Å². The first kappa shape index (κ1) is 32.5. The molecule has 2 aliphatic rings. The number of nitrogens with one attached hydrogen (secondary N) is 2. The van der Waals surface area contributed by atoms with E-state index in [0.29, 0.717) is 17.9 Å². The summed E-state index contributed by atoms with van der Waals surface area (Å²) in [6.45, 7) is -1.35. The fraction of sp³-hybridized carbons (Fsp3) is 0.359. The van der Waals surface area contributed by atoms with Crippen molar-refractivity contribution in [2.24, 2.45) is 5.92 Å². The van der Waals surface area contributed by atoms with E-state index < -0.39 is 24.0 Å². The van der Waals surface area contributed by atoms with Gasteiger partial charge < -0.3 is 10.6 Å². The number of carbonyl (C=O) groups is 2. The van der Waals surface area contributed by atoms with Gasteiger partial charge >= 0.3 is 6.18 Å². The Balaban J connectivity index is 1.02. The molecule has 0 spiro atoms. The molecule has 2 amide bonds. The molecule has 2 N–H and O–H groups in total. The number of aromatic nitrogens is 1. The smallest absolute Gasteiger partial charge is 0.349 e. The second-order valence-electron chi connectivity index (χ2n) is 12.9. The average Bonchev–Trinajstić information content (AvgIpc) is 3.38. The fourth-order valence-corrected chi connectivity index (χ4v) is 7.59. The van der Waals surface area contributed by atoms with E-state index in [1.54, 1.807) is 12.4 Å². The molecule has 6 rings (SSSR count).